The molecule has 1 aromatic carbocycles. The van der Waals surface area contributed by atoms with Gasteiger partial charge in [-0.15, -0.1) is 0 Å². The number of ether oxygens (including phenoxy) is 2. The molecule has 0 radical (unpaired) electrons. The van der Waals surface area contributed by atoms with Crippen molar-refractivity contribution in [2.45, 2.75) is 32.7 Å². The van der Waals surface area contributed by atoms with Crippen LogP contribution >= 0.6 is 0 Å². The van der Waals surface area contributed by atoms with E-state index >= 15 is 0 Å². The molecule has 1 saturated carbocycles. The zero-order chi connectivity index (χ0) is 12.5. The number of nitrogens with one attached hydrogen (secondary N) is 1. The first kappa shape index (κ1) is 12.1. The van der Waals surface area contributed by atoms with Gasteiger partial charge < -0.3 is 14.8 Å². The minimum absolute atomic E-state index is 0.455. The second-order valence-electron chi connectivity index (χ2n) is 5.12. The fourth-order valence-corrected chi connectivity index (χ4v) is 1.95. The molecule has 3 heteroatoms. The van der Waals surface area contributed by atoms with E-state index < -0.39 is 0 Å². The van der Waals surface area contributed by atoms with Gasteiger partial charge in [0.15, 0.2) is 0 Å². The summed E-state index contributed by atoms with van der Waals surface area (Å²) < 4.78 is 10.5. The summed E-state index contributed by atoms with van der Waals surface area (Å²) in [5.41, 5.74) is 1.51. The second kappa shape index (κ2) is 4.47. The Hall–Kier alpha value is -1.38. The fraction of sp³-hybridized carbons (Fsp3) is 0.571. The molecule has 1 aliphatic rings. The van der Waals surface area contributed by atoms with Crippen molar-refractivity contribution in [2.75, 3.05) is 19.5 Å². The van der Waals surface area contributed by atoms with Gasteiger partial charge in [-0.25, -0.2) is 0 Å². The number of hydrogen-bond acceptors (Lipinski definition) is 3. The van der Waals surface area contributed by atoms with Crippen LogP contribution in [0.2, 0.25) is 0 Å². The van der Waals surface area contributed by atoms with E-state index in [1.165, 1.54) is 12.8 Å². The Kier molecular flexibility index (Phi) is 3.18. The summed E-state index contributed by atoms with van der Waals surface area (Å²) in [4.78, 5) is 0. The molecule has 17 heavy (non-hydrogen) atoms. The summed E-state index contributed by atoms with van der Waals surface area (Å²) >= 11 is 0. The molecule has 0 aliphatic heterocycles. The van der Waals surface area contributed by atoms with Crippen molar-refractivity contribution in [3.8, 4) is 11.5 Å². The van der Waals surface area contributed by atoms with E-state index in [1.807, 2.05) is 18.2 Å². The van der Waals surface area contributed by atoms with Crippen molar-refractivity contribution in [3.05, 3.63) is 18.2 Å². The summed E-state index contributed by atoms with van der Waals surface area (Å²) in [5, 5.41) is 3.53. The van der Waals surface area contributed by atoms with Crippen molar-refractivity contribution >= 4 is 5.69 Å². The first-order valence-electron chi connectivity index (χ1n) is 6.07. The van der Waals surface area contributed by atoms with Crippen LogP contribution in [0.5, 0.6) is 11.5 Å². The molecule has 1 aromatic rings. The lowest BCUT2D eigenvalue weighted by molar-refractivity contribution is 0.394. The molecule has 1 N–H and O–H groups in total. The third-order valence-corrected chi connectivity index (χ3v) is 3.82. The van der Waals surface area contributed by atoms with Crippen LogP contribution in [-0.2, 0) is 0 Å². The maximum absolute atomic E-state index is 5.26. The van der Waals surface area contributed by atoms with Gasteiger partial charge in [-0.1, -0.05) is 6.92 Å². The van der Waals surface area contributed by atoms with Gasteiger partial charge in [0.2, 0.25) is 0 Å². The lowest BCUT2D eigenvalue weighted by atomic mass is 10.0. The van der Waals surface area contributed by atoms with Crippen molar-refractivity contribution in [2.24, 2.45) is 5.41 Å². The van der Waals surface area contributed by atoms with E-state index in [0.717, 1.165) is 17.2 Å². The molecule has 0 spiro atoms. The molecule has 0 heterocycles. The quantitative estimate of drug-likeness (QED) is 0.849. The van der Waals surface area contributed by atoms with Crippen LogP contribution in [0.3, 0.4) is 0 Å². The third kappa shape index (κ3) is 2.65. The van der Waals surface area contributed by atoms with Crippen LogP contribution in [0.25, 0.3) is 0 Å². The Morgan fingerprint density at radius 2 is 1.65 bits per heavy atom. The Morgan fingerprint density at radius 1 is 1.12 bits per heavy atom. The van der Waals surface area contributed by atoms with E-state index in [4.69, 9.17) is 9.47 Å². The Bertz CT molecular complexity index is 377. The normalized spacial score (nSPS) is 18.4. The fourth-order valence-electron chi connectivity index (χ4n) is 1.95. The van der Waals surface area contributed by atoms with E-state index in [0.29, 0.717) is 11.5 Å². The van der Waals surface area contributed by atoms with Crippen molar-refractivity contribution in [3.63, 3.8) is 0 Å². The van der Waals surface area contributed by atoms with Gasteiger partial charge in [-0.3, -0.25) is 0 Å². The zero-order valence-electron chi connectivity index (χ0n) is 11.0. The number of rotatable bonds is 5. The Balaban J connectivity index is 2.14. The first-order valence-corrected chi connectivity index (χ1v) is 6.07. The molecule has 1 aliphatic carbocycles. The summed E-state index contributed by atoms with van der Waals surface area (Å²) in [7, 11) is 3.34. The molecule has 0 bridgehead atoms. The molecule has 1 fully saturated rings. The Labute approximate surface area is 103 Å². The average Bonchev–Trinajstić information content (AvgIpc) is 3.08. The minimum atomic E-state index is 0.455. The molecule has 94 valence electrons. The molecule has 1 unspecified atom stereocenters. The summed E-state index contributed by atoms with van der Waals surface area (Å²) in [6, 6.07) is 6.36. The van der Waals surface area contributed by atoms with Gasteiger partial charge in [0.1, 0.15) is 11.5 Å². The first-order chi connectivity index (χ1) is 8.07. The van der Waals surface area contributed by atoms with Gasteiger partial charge in [0.05, 0.1) is 14.2 Å². The minimum Gasteiger partial charge on any atom is -0.497 e. The van der Waals surface area contributed by atoms with Gasteiger partial charge >= 0.3 is 0 Å². The third-order valence-electron chi connectivity index (χ3n) is 3.82. The summed E-state index contributed by atoms with van der Waals surface area (Å²) in [6.45, 7) is 4.56. The SMILES string of the molecule is COc1cc(NC(C)C2(C)CC2)cc(OC)c1. The van der Waals surface area contributed by atoms with Gasteiger partial charge in [0, 0.05) is 29.9 Å². The van der Waals surface area contributed by atoms with E-state index in [9.17, 15) is 0 Å². The molecule has 0 amide bonds. The molecule has 3 nitrogen and oxygen atoms in total. The van der Waals surface area contributed by atoms with E-state index in [2.05, 4.69) is 19.2 Å². The lowest BCUT2D eigenvalue weighted by Crippen LogP contribution is -2.24. The van der Waals surface area contributed by atoms with Crippen LogP contribution in [0, 0.1) is 5.41 Å². The van der Waals surface area contributed by atoms with Crippen molar-refractivity contribution in [1.82, 2.24) is 0 Å². The van der Waals surface area contributed by atoms with Gasteiger partial charge in [-0.05, 0) is 25.2 Å². The maximum atomic E-state index is 5.26. The van der Waals surface area contributed by atoms with E-state index in [-0.39, 0.29) is 0 Å². The molecule has 2 rings (SSSR count). The predicted octanol–water partition coefficient (Wildman–Crippen LogP) is 3.30. The van der Waals surface area contributed by atoms with Gasteiger partial charge in [0.25, 0.3) is 0 Å². The average molecular weight is 235 g/mol. The van der Waals surface area contributed by atoms with Crippen LogP contribution in [0.4, 0.5) is 5.69 Å². The highest BCUT2D eigenvalue weighted by Gasteiger charge is 2.42. The smallest absolute Gasteiger partial charge is 0.124 e. The van der Waals surface area contributed by atoms with Crippen LogP contribution < -0.4 is 14.8 Å². The maximum Gasteiger partial charge on any atom is 0.124 e. The highest BCUT2D eigenvalue weighted by Crippen LogP contribution is 2.49. The number of hydrogen-bond donors (Lipinski definition) is 1. The highest BCUT2D eigenvalue weighted by atomic mass is 16.5. The number of anilines is 1. The lowest BCUT2D eigenvalue weighted by Gasteiger charge is -2.22. The van der Waals surface area contributed by atoms with Crippen LogP contribution in [0.15, 0.2) is 18.2 Å². The molecular formula is C14H21NO2. The highest BCUT2D eigenvalue weighted by molar-refractivity contribution is 5.54. The van der Waals surface area contributed by atoms with Crippen LogP contribution in [-0.4, -0.2) is 20.3 Å². The van der Waals surface area contributed by atoms with E-state index in [1.54, 1.807) is 14.2 Å². The van der Waals surface area contributed by atoms with Crippen molar-refractivity contribution in [1.29, 1.82) is 0 Å². The summed E-state index contributed by atoms with van der Waals surface area (Å²) in [5.74, 6) is 1.64. The topological polar surface area (TPSA) is 30.5 Å². The number of benzene rings is 1. The summed E-state index contributed by atoms with van der Waals surface area (Å²) in [6.07, 6.45) is 2.62. The standard InChI is InChI=1S/C14H21NO2/c1-10(14(2)5-6-14)15-11-7-12(16-3)9-13(8-11)17-4/h7-10,15H,5-6H2,1-4H3. The molecular weight excluding hydrogens is 214 g/mol. The second-order valence-corrected chi connectivity index (χ2v) is 5.12. The largest absolute Gasteiger partial charge is 0.497 e. The monoisotopic (exact) mass is 235 g/mol. The molecule has 1 atom stereocenters. The predicted molar refractivity (Wildman–Crippen MR) is 70.0 cm³/mol. The van der Waals surface area contributed by atoms with Crippen LogP contribution in [0.1, 0.15) is 26.7 Å². The Morgan fingerprint density at radius 3 is 2.06 bits per heavy atom. The molecule has 0 saturated heterocycles. The van der Waals surface area contributed by atoms with Crippen molar-refractivity contribution < 1.29 is 9.47 Å². The van der Waals surface area contributed by atoms with Gasteiger partial charge in [-0.2, -0.15) is 0 Å². The zero-order valence-corrected chi connectivity index (χ0v) is 11.0. The molecule has 0 aromatic heterocycles. The number of methoxy groups -OCH3 is 2.